The Balaban J connectivity index is 1.35. The molecule has 12 nitrogen and oxygen atoms in total. The molecule has 1 amide bonds. The molecule has 3 heterocycles. The number of hydrogen-bond donors (Lipinski definition) is 4. The van der Waals surface area contributed by atoms with Gasteiger partial charge in [-0.1, -0.05) is 73.5 Å². The summed E-state index contributed by atoms with van der Waals surface area (Å²) in [5.41, 5.74) is 4.85. The van der Waals surface area contributed by atoms with Crippen molar-refractivity contribution in [2.75, 3.05) is 0 Å². The number of carboxylic acid groups (broad SMARTS) is 1. The number of benzene rings is 2. The predicted molar refractivity (Wildman–Crippen MR) is 158 cm³/mol. The summed E-state index contributed by atoms with van der Waals surface area (Å²) in [4.78, 5) is 29.5. The van der Waals surface area contributed by atoms with Crippen molar-refractivity contribution >= 4 is 23.5 Å². The number of pyridine rings is 1. The van der Waals surface area contributed by atoms with Crippen LogP contribution < -0.4 is 5.32 Å². The smallest absolute Gasteiger partial charge is 0.334 e. The SMILES string of the molecule is CCCc1cc(C(=O)N[C@H](Cc2ccccc2Cl)[C@@H](O)C(=O)O)nn1Cc1ccc(-c2ccccc2-c2nnn[nH]2)nc1. The highest BCUT2D eigenvalue weighted by Gasteiger charge is 2.29. The highest BCUT2D eigenvalue weighted by molar-refractivity contribution is 6.31. The fourth-order valence-electron chi connectivity index (χ4n) is 4.75. The Morgan fingerprint density at radius 2 is 1.84 bits per heavy atom. The molecule has 5 aromatic rings. The van der Waals surface area contributed by atoms with Crippen molar-refractivity contribution in [3.8, 4) is 22.6 Å². The number of carboxylic acids is 1. The summed E-state index contributed by atoms with van der Waals surface area (Å²) in [6.07, 6.45) is 1.43. The van der Waals surface area contributed by atoms with Crippen LogP contribution >= 0.6 is 11.6 Å². The first-order valence-corrected chi connectivity index (χ1v) is 14.0. The number of aliphatic carboxylic acids is 1. The summed E-state index contributed by atoms with van der Waals surface area (Å²) >= 11 is 6.25. The number of nitrogens with zero attached hydrogens (tertiary/aromatic N) is 6. The summed E-state index contributed by atoms with van der Waals surface area (Å²) in [6.45, 7) is 2.39. The van der Waals surface area contributed by atoms with Gasteiger partial charge in [0, 0.05) is 28.0 Å². The van der Waals surface area contributed by atoms with Crippen molar-refractivity contribution in [2.45, 2.75) is 44.9 Å². The predicted octanol–water partition coefficient (Wildman–Crippen LogP) is 3.57. The molecule has 43 heavy (non-hydrogen) atoms. The minimum atomic E-state index is -1.84. The number of nitrogens with one attached hydrogen (secondary N) is 2. The van der Waals surface area contributed by atoms with E-state index in [-0.39, 0.29) is 12.1 Å². The number of tetrazole rings is 1. The summed E-state index contributed by atoms with van der Waals surface area (Å²) < 4.78 is 1.74. The monoisotopic (exact) mass is 600 g/mol. The van der Waals surface area contributed by atoms with Crippen LogP contribution in [-0.2, 0) is 24.2 Å². The molecule has 5 rings (SSSR count). The molecule has 0 unspecified atom stereocenters. The number of halogens is 1. The number of rotatable bonds is 12. The largest absolute Gasteiger partial charge is 0.479 e. The first-order valence-electron chi connectivity index (χ1n) is 13.6. The second-order valence-electron chi connectivity index (χ2n) is 9.93. The van der Waals surface area contributed by atoms with Gasteiger partial charge < -0.3 is 15.5 Å². The standard InChI is InChI=1S/C30H29ClN8O4/c1-2-7-20-15-26(29(41)33-25(27(40)30(42)43)14-19-8-3-6-11-23(19)31)36-39(20)17-18-12-13-24(32-16-18)21-9-4-5-10-22(21)28-34-37-38-35-28/h3-6,8-13,15-16,25,27,40H,2,7,14,17H2,1H3,(H,33,41)(H,42,43)(H,34,35,37,38)/t25-,27-/m1/s1. The molecular formula is C30H29ClN8O4. The Hall–Kier alpha value is -4.94. The number of aryl methyl sites for hydroxylation is 1. The molecule has 0 radical (unpaired) electrons. The lowest BCUT2D eigenvalue weighted by Gasteiger charge is -2.21. The van der Waals surface area contributed by atoms with Crippen molar-refractivity contribution in [1.82, 2.24) is 40.7 Å². The van der Waals surface area contributed by atoms with Gasteiger partial charge in [-0.25, -0.2) is 9.89 Å². The Morgan fingerprint density at radius 3 is 2.51 bits per heavy atom. The lowest BCUT2D eigenvalue weighted by molar-refractivity contribution is -0.148. The van der Waals surface area contributed by atoms with Crippen LogP contribution in [0.15, 0.2) is 72.9 Å². The number of aromatic nitrogens is 7. The van der Waals surface area contributed by atoms with Crippen LogP contribution in [0.1, 0.15) is 40.7 Å². The first kappa shape index (κ1) is 29.5. The maximum atomic E-state index is 13.3. The molecule has 0 saturated heterocycles. The minimum Gasteiger partial charge on any atom is -0.479 e. The lowest BCUT2D eigenvalue weighted by atomic mass is 10.0. The number of carbonyl (C=O) groups is 2. The molecule has 0 spiro atoms. The number of amides is 1. The van der Waals surface area contributed by atoms with E-state index >= 15 is 0 Å². The molecule has 2 aromatic carbocycles. The summed E-state index contributed by atoms with van der Waals surface area (Å²) in [7, 11) is 0. The molecule has 4 N–H and O–H groups in total. The maximum absolute atomic E-state index is 13.3. The minimum absolute atomic E-state index is 0.0233. The number of carbonyl (C=O) groups excluding carboxylic acids is 1. The third kappa shape index (κ3) is 6.93. The second kappa shape index (κ2) is 13.4. The molecule has 0 bridgehead atoms. The van der Waals surface area contributed by atoms with Gasteiger partial charge in [0.25, 0.3) is 5.91 Å². The Bertz CT molecular complexity index is 1710. The fourth-order valence-corrected chi connectivity index (χ4v) is 4.97. The van der Waals surface area contributed by atoms with E-state index < -0.39 is 24.0 Å². The van der Waals surface area contributed by atoms with E-state index in [9.17, 15) is 19.8 Å². The summed E-state index contributed by atoms with van der Waals surface area (Å²) in [5.74, 6) is -1.51. The Labute approximate surface area is 251 Å². The van der Waals surface area contributed by atoms with Gasteiger partial charge in [-0.3, -0.25) is 14.5 Å². The van der Waals surface area contributed by atoms with Crippen LogP contribution in [-0.4, -0.2) is 69.6 Å². The highest BCUT2D eigenvalue weighted by Crippen LogP contribution is 2.28. The maximum Gasteiger partial charge on any atom is 0.334 e. The van der Waals surface area contributed by atoms with Crippen LogP contribution in [0, 0.1) is 0 Å². The number of aliphatic hydroxyl groups excluding tert-OH is 1. The van der Waals surface area contributed by atoms with E-state index in [0.29, 0.717) is 29.4 Å². The highest BCUT2D eigenvalue weighted by atomic mass is 35.5. The van der Waals surface area contributed by atoms with Crippen LogP contribution in [0.3, 0.4) is 0 Å². The van der Waals surface area contributed by atoms with Crippen LogP contribution in [0.5, 0.6) is 0 Å². The first-order chi connectivity index (χ1) is 20.8. The van der Waals surface area contributed by atoms with E-state index in [1.54, 1.807) is 41.2 Å². The topological polar surface area (TPSA) is 172 Å². The van der Waals surface area contributed by atoms with Gasteiger partial charge in [-0.15, -0.1) is 5.10 Å². The second-order valence-corrected chi connectivity index (χ2v) is 10.3. The Morgan fingerprint density at radius 1 is 1.07 bits per heavy atom. The van der Waals surface area contributed by atoms with Crippen LogP contribution in [0.25, 0.3) is 22.6 Å². The molecule has 0 aliphatic carbocycles. The number of H-pyrrole nitrogens is 1. The third-order valence-corrected chi connectivity index (χ3v) is 7.28. The third-order valence-electron chi connectivity index (χ3n) is 6.91. The van der Waals surface area contributed by atoms with Gasteiger partial charge >= 0.3 is 5.97 Å². The molecule has 0 saturated carbocycles. The normalized spacial score (nSPS) is 12.5. The summed E-state index contributed by atoms with van der Waals surface area (Å²) in [6, 6.07) is 18.9. The fraction of sp³-hybridized carbons (Fsp3) is 0.233. The van der Waals surface area contributed by atoms with Crippen LogP contribution in [0.4, 0.5) is 0 Å². The van der Waals surface area contributed by atoms with Crippen molar-refractivity contribution < 1.29 is 19.8 Å². The molecule has 0 fully saturated rings. The number of aromatic amines is 1. The number of hydrogen-bond acceptors (Lipinski definition) is 8. The van der Waals surface area contributed by atoms with Gasteiger partial charge in [-0.05, 0) is 52.6 Å². The zero-order valence-corrected chi connectivity index (χ0v) is 23.9. The summed E-state index contributed by atoms with van der Waals surface area (Å²) in [5, 5.41) is 41.5. The molecule has 3 aromatic heterocycles. The van der Waals surface area contributed by atoms with Crippen molar-refractivity contribution in [3.05, 3.63) is 100 Å². The molecule has 2 atom stereocenters. The average molecular weight is 601 g/mol. The van der Waals surface area contributed by atoms with E-state index in [1.165, 1.54) is 0 Å². The lowest BCUT2D eigenvalue weighted by Crippen LogP contribution is -2.48. The van der Waals surface area contributed by atoms with E-state index in [2.05, 4.69) is 36.0 Å². The molecular weight excluding hydrogens is 572 g/mol. The quantitative estimate of drug-likeness (QED) is 0.167. The molecule has 0 aliphatic heterocycles. The zero-order chi connectivity index (χ0) is 30.3. The van der Waals surface area contributed by atoms with Crippen molar-refractivity contribution in [3.63, 3.8) is 0 Å². The van der Waals surface area contributed by atoms with Crippen LogP contribution in [0.2, 0.25) is 5.02 Å². The van der Waals surface area contributed by atoms with Crippen molar-refractivity contribution in [2.24, 2.45) is 0 Å². The van der Waals surface area contributed by atoms with E-state index in [1.807, 2.05) is 43.3 Å². The van der Waals surface area contributed by atoms with Gasteiger partial charge in [-0.2, -0.15) is 5.10 Å². The van der Waals surface area contributed by atoms with Gasteiger partial charge in [0.05, 0.1) is 18.3 Å². The van der Waals surface area contributed by atoms with E-state index in [4.69, 9.17) is 11.6 Å². The molecule has 220 valence electrons. The molecule has 0 aliphatic rings. The van der Waals surface area contributed by atoms with Gasteiger partial charge in [0.1, 0.15) is 5.69 Å². The average Bonchev–Trinajstić information content (AvgIpc) is 3.69. The molecule has 13 heteroatoms. The van der Waals surface area contributed by atoms with Gasteiger partial charge in [0.2, 0.25) is 0 Å². The zero-order valence-electron chi connectivity index (χ0n) is 23.2. The van der Waals surface area contributed by atoms with Gasteiger partial charge in [0.15, 0.2) is 11.9 Å². The number of aliphatic hydroxyl groups is 1. The Kier molecular flexibility index (Phi) is 9.18. The van der Waals surface area contributed by atoms with Crippen molar-refractivity contribution in [1.29, 1.82) is 0 Å². The van der Waals surface area contributed by atoms with E-state index in [0.717, 1.165) is 34.5 Å².